The fourth-order valence-electron chi connectivity index (χ4n) is 2.74. The summed E-state index contributed by atoms with van der Waals surface area (Å²) in [5, 5.41) is 9.79. The summed E-state index contributed by atoms with van der Waals surface area (Å²) in [7, 11) is 0. The fourth-order valence-corrected chi connectivity index (χ4v) is 2.74. The Kier molecular flexibility index (Phi) is 6.32. The van der Waals surface area contributed by atoms with Gasteiger partial charge in [-0.15, -0.1) is 0 Å². The number of rotatable bonds is 7. The number of aliphatic hydroxyl groups is 1. The molecular formula is C13H28N2O. The third-order valence-corrected chi connectivity index (χ3v) is 3.67. The summed E-state index contributed by atoms with van der Waals surface area (Å²) in [6.07, 6.45) is 3.15. The van der Waals surface area contributed by atoms with Crippen molar-refractivity contribution in [3.05, 3.63) is 0 Å². The Morgan fingerprint density at radius 1 is 1.31 bits per heavy atom. The third kappa shape index (κ3) is 4.04. The van der Waals surface area contributed by atoms with E-state index in [-0.39, 0.29) is 6.10 Å². The van der Waals surface area contributed by atoms with Crippen molar-refractivity contribution in [1.82, 2.24) is 9.80 Å². The van der Waals surface area contributed by atoms with Gasteiger partial charge >= 0.3 is 0 Å². The van der Waals surface area contributed by atoms with Gasteiger partial charge in [-0.05, 0) is 32.5 Å². The Morgan fingerprint density at radius 2 is 2.00 bits per heavy atom. The second-order valence-electron chi connectivity index (χ2n) is 4.87. The highest BCUT2D eigenvalue weighted by molar-refractivity contribution is 4.83. The standard InChI is InChI=1S/C13H28N2O/c1-4-7-13(16)11-14-9-8-12(10-14)15(5-2)6-3/h12-13,16H,4-11H2,1-3H3. The van der Waals surface area contributed by atoms with E-state index in [1.807, 2.05) is 0 Å². The average Bonchev–Trinajstić information content (AvgIpc) is 2.68. The van der Waals surface area contributed by atoms with Gasteiger partial charge in [0.15, 0.2) is 0 Å². The van der Waals surface area contributed by atoms with Crippen LogP contribution in [0.2, 0.25) is 0 Å². The van der Waals surface area contributed by atoms with Crippen molar-refractivity contribution in [3.8, 4) is 0 Å². The average molecular weight is 228 g/mol. The number of β-amino-alcohol motifs (C(OH)–C–C–N with tert-alkyl or cyclic N) is 1. The Balaban J connectivity index is 2.29. The molecule has 1 fully saturated rings. The van der Waals surface area contributed by atoms with Crippen LogP contribution >= 0.6 is 0 Å². The minimum Gasteiger partial charge on any atom is -0.392 e. The second kappa shape index (κ2) is 7.25. The van der Waals surface area contributed by atoms with Crippen molar-refractivity contribution in [2.45, 2.75) is 52.2 Å². The lowest BCUT2D eigenvalue weighted by molar-refractivity contribution is 0.111. The molecule has 0 spiro atoms. The first-order chi connectivity index (χ1) is 7.71. The topological polar surface area (TPSA) is 26.7 Å². The lowest BCUT2D eigenvalue weighted by atomic mass is 10.2. The molecule has 3 heteroatoms. The minimum absolute atomic E-state index is 0.125. The minimum atomic E-state index is -0.125. The number of hydrogen-bond acceptors (Lipinski definition) is 3. The van der Waals surface area contributed by atoms with E-state index in [2.05, 4.69) is 30.6 Å². The maximum Gasteiger partial charge on any atom is 0.0667 e. The van der Waals surface area contributed by atoms with Crippen LogP contribution in [0.1, 0.15) is 40.0 Å². The van der Waals surface area contributed by atoms with E-state index in [0.29, 0.717) is 6.04 Å². The monoisotopic (exact) mass is 228 g/mol. The fraction of sp³-hybridized carbons (Fsp3) is 1.00. The lowest BCUT2D eigenvalue weighted by Gasteiger charge is -2.26. The summed E-state index contributed by atoms with van der Waals surface area (Å²) in [5.74, 6) is 0. The third-order valence-electron chi connectivity index (χ3n) is 3.67. The Morgan fingerprint density at radius 3 is 2.56 bits per heavy atom. The van der Waals surface area contributed by atoms with E-state index in [0.717, 1.165) is 45.6 Å². The summed E-state index contributed by atoms with van der Waals surface area (Å²) in [4.78, 5) is 4.95. The molecule has 1 saturated heterocycles. The van der Waals surface area contributed by atoms with Crippen LogP contribution in [-0.2, 0) is 0 Å². The Hall–Kier alpha value is -0.120. The van der Waals surface area contributed by atoms with Crippen LogP contribution in [0.15, 0.2) is 0 Å². The molecule has 1 aliphatic rings. The first-order valence-corrected chi connectivity index (χ1v) is 6.85. The zero-order valence-electron chi connectivity index (χ0n) is 11.2. The Bertz CT molecular complexity index is 183. The van der Waals surface area contributed by atoms with Crippen LogP contribution in [0.25, 0.3) is 0 Å². The van der Waals surface area contributed by atoms with Gasteiger partial charge in [0.05, 0.1) is 6.10 Å². The molecular weight excluding hydrogens is 200 g/mol. The van der Waals surface area contributed by atoms with E-state index in [1.165, 1.54) is 6.42 Å². The maximum absolute atomic E-state index is 9.79. The van der Waals surface area contributed by atoms with Crippen molar-refractivity contribution >= 4 is 0 Å². The zero-order valence-corrected chi connectivity index (χ0v) is 11.2. The molecule has 0 aromatic rings. The Labute approximate surface area is 100 Å². The quantitative estimate of drug-likeness (QED) is 0.716. The number of likely N-dealkylation sites (N-methyl/N-ethyl adjacent to an activating group) is 1. The van der Waals surface area contributed by atoms with E-state index in [4.69, 9.17) is 0 Å². The summed E-state index contributed by atoms with van der Waals surface area (Å²) in [5.41, 5.74) is 0. The highest BCUT2D eigenvalue weighted by Crippen LogP contribution is 2.16. The number of nitrogens with zero attached hydrogens (tertiary/aromatic N) is 2. The molecule has 0 saturated carbocycles. The van der Waals surface area contributed by atoms with Crippen molar-refractivity contribution in [2.75, 3.05) is 32.7 Å². The van der Waals surface area contributed by atoms with Gasteiger partial charge in [0.1, 0.15) is 0 Å². The number of hydrogen-bond donors (Lipinski definition) is 1. The van der Waals surface area contributed by atoms with Gasteiger partial charge in [0, 0.05) is 19.1 Å². The molecule has 2 atom stereocenters. The normalized spacial score (nSPS) is 24.2. The molecule has 1 N–H and O–H groups in total. The van der Waals surface area contributed by atoms with Gasteiger partial charge < -0.3 is 5.11 Å². The molecule has 0 bridgehead atoms. The highest BCUT2D eigenvalue weighted by atomic mass is 16.3. The first kappa shape index (κ1) is 13.9. The van der Waals surface area contributed by atoms with Crippen molar-refractivity contribution in [3.63, 3.8) is 0 Å². The molecule has 0 amide bonds. The molecule has 1 rings (SSSR count). The summed E-state index contributed by atoms with van der Waals surface area (Å²) < 4.78 is 0. The van der Waals surface area contributed by atoms with Gasteiger partial charge in [0.2, 0.25) is 0 Å². The molecule has 96 valence electrons. The van der Waals surface area contributed by atoms with E-state index >= 15 is 0 Å². The molecule has 0 radical (unpaired) electrons. The van der Waals surface area contributed by atoms with Crippen molar-refractivity contribution < 1.29 is 5.11 Å². The molecule has 1 heterocycles. The molecule has 16 heavy (non-hydrogen) atoms. The van der Waals surface area contributed by atoms with Gasteiger partial charge in [-0.3, -0.25) is 9.80 Å². The largest absolute Gasteiger partial charge is 0.392 e. The van der Waals surface area contributed by atoms with Crippen LogP contribution in [-0.4, -0.2) is 59.8 Å². The van der Waals surface area contributed by atoms with Gasteiger partial charge in [-0.1, -0.05) is 27.2 Å². The van der Waals surface area contributed by atoms with Crippen LogP contribution < -0.4 is 0 Å². The van der Waals surface area contributed by atoms with Gasteiger partial charge in [-0.2, -0.15) is 0 Å². The van der Waals surface area contributed by atoms with Crippen LogP contribution in [0.4, 0.5) is 0 Å². The number of likely N-dealkylation sites (tertiary alicyclic amines) is 1. The maximum atomic E-state index is 9.79. The number of aliphatic hydroxyl groups excluding tert-OH is 1. The first-order valence-electron chi connectivity index (χ1n) is 6.85. The zero-order chi connectivity index (χ0) is 12.0. The van der Waals surface area contributed by atoms with Crippen LogP contribution in [0.5, 0.6) is 0 Å². The van der Waals surface area contributed by atoms with Crippen molar-refractivity contribution in [1.29, 1.82) is 0 Å². The van der Waals surface area contributed by atoms with E-state index < -0.39 is 0 Å². The predicted octanol–water partition coefficient (Wildman–Crippen LogP) is 1.56. The van der Waals surface area contributed by atoms with Gasteiger partial charge in [0.25, 0.3) is 0 Å². The van der Waals surface area contributed by atoms with Crippen LogP contribution in [0.3, 0.4) is 0 Å². The van der Waals surface area contributed by atoms with E-state index in [9.17, 15) is 5.11 Å². The summed E-state index contributed by atoms with van der Waals surface area (Å²) in [6.45, 7) is 12.1. The molecule has 0 aromatic heterocycles. The SMILES string of the molecule is CCCC(O)CN1CCC(N(CC)CC)C1. The van der Waals surface area contributed by atoms with Crippen LogP contribution in [0, 0.1) is 0 Å². The summed E-state index contributed by atoms with van der Waals surface area (Å²) in [6, 6.07) is 0.712. The smallest absolute Gasteiger partial charge is 0.0667 e. The molecule has 3 nitrogen and oxygen atoms in total. The summed E-state index contributed by atoms with van der Waals surface area (Å²) >= 11 is 0. The van der Waals surface area contributed by atoms with Gasteiger partial charge in [-0.25, -0.2) is 0 Å². The molecule has 1 aliphatic heterocycles. The van der Waals surface area contributed by atoms with Crippen molar-refractivity contribution in [2.24, 2.45) is 0 Å². The second-order valence-corrected chi connectivity index (χ2v) is 4.87. The highest BCUT2D eigenvalue weighted by Gasteiger charge is 2.26. The molecule has 0 aromatic carbocycles. The molecule has 2 unspecified atom stereocenters. The predicted molar refractivity (Wildman–Crippen MR) is 68.7 cm³/mol. The van der Waals surface area contributed by atoms with E-state index in [1.54, 1.807) is 0 Å². The molecule has 0 aliphatic carbocycles. The lowest BCUT2D eigenvalue weighted by Crippen LogP contribution is -2.38.